The molecule has 0 bridgehead atoms. The van der Waals surface area contributed by atoms with Gasteiger partial charge < -0.3 is 11.1 Å². The highest BCUT2D eigenvalue weighted by atomic mass is 19.1. The molecule has 0 aliphatic carbocycles. The quantitative estimate of drug-likeness (QED) is 0.841. The zero-order chi connectivity index (χ0) is 14.5. The van der Waals surface area contributed by atoms with E-state index in [1.807, 2.05) is 31.2 Å². The van der Waals surface area contributed by atoms with E-state index in [0.29, 0.717) is 12.1 Å². The summed E-state index contributed by atoms with van der Waals surface area (Å²) in [5.41, 5.74) is 8.20. The SMILES string of the molecule is Cc1ccccc1CCNC(=O)c1ccc(F)c(N)c1. The second-order valence-corrected chi connectivity index (χ2v) is 4.67. The molecule has 3 nitrogen and oxygen atoms in total. The van der Waals surface area contributed by atoms with Crippen LogP contribution < -0.4 is 11.1 Å². The Morgan fingerprint density at radius 1 is 1.25 bits per heavy atom. The minimum absolute atomic E-state index is 0.0171. The number of hydrogen-bond acceptors (Lipinski definition) is 2. The average molecular weight is 272 g/mol. The molecule has 2 aromatic rings. The molecule has 0 saturated carbocycles. The minimum atomic E-state index is -0.513. The van der Waals surface area contributed by atoms with Gasteiger partial charge in [0.25, 0.3) is 5.91 Å². The van der Waals surface area contributed by atoms with E-state index in [1.54, 1.807) is 0 Å². The third kappa shape index (κ3) is 3.35. The van der Waals surface area contributed by atoms with Crippen molar-refractivity contribution in [3.63, 3.8) is 0 Å². The lowest BCUT2D eigenvalue weighted by Gasteiger charge is -2.08. The molecule has 0 saturated heterocycles. The molecule has 4 heteroatoms. The van der Waals surface area contributed by atoms with E-state index in [0.717, 1.165) is 6.42 Å². The molecule has 0 aliphatic heterocycles. The van der Waals surface area contributed by atoms with Crippen molar-refractivity contribution in [2.24, 2.45) is 0 Å². The molecule has 0 heterocycles. The summed E-state index contributed by atoms with van der Waals surface area (Å²) in [5, 5.41) is 2.80. The lowest BCUT2D eigenvalue weighted by atomic mass is 10.1. The summed E-state index contributed by atoms with van der Waals surface area (Å²) >= 11 is 0. The van der Waals surface area contributed by atoms with E-state index in [2.05, 4.69) is 5.32 Å². The minimum Gasteiger partial charge on any atom is -0.396 e. The molecule has 0 atom stereocenters. The molecule has 0 fully saturated rings. The van der Waals surface area contributed by atoms with E-state index >= 15 is 0 Å². The number of nitrogen functional groups attached to an aromatic ring is 1. The number of anilines is 1. The number of halogens is 1. The van der Waals surface area contributed by atoms with Gasteiger partial charge in [0.1, 0.15) is 5.82 Å². The number of amides is 1. The third-order valence-corrected chi connectivity index (χ3v) is 3.20. The zero-order valence-corrected chi connectivity index (χ0v) is 11.3. The van der Waals surface area contributed by atoms with Gasteiger partial charge in [0, 0.05) is 12.1 Å². The molecule has 0 unspecified atom stereocenters. The summed E-state index contributed by atoms with van der Waals surface area (Å²) in [5.74, 6) is -0.758. The van der Waals surface area contributed by atoms with Gasteiger partial charge in [0.05, 0.1) is 5.69 Å². The van der Waals surface area contributed by atoms with E-state index in [-0.39, 0.29) is 11.6 Å². The van der Waals surface area contributed by atoms with Crippen LogP contribution in [0.25, 0.3) is 0 Å². The van der Waals surface area contributed by atoms with Gasteiger partial charge in [-0.3, -0.25) is 4.79 Å². The van der Waals surface area contributed by atoms with Crippen molar-refractivity contribution >= 4 is 11.6 Å². The van der Waals surface area contributed by atoms with Gasteiger partial charge in [0.15, 0.2) is 0 Å². The van der Waals surface area contributed by atoms with Crippen molar-refractivity contribution in [3.8, 4) is 0 Å². The topological polar surface area (TPSA) is 55.1 Å². The predicted molar refractivity (Wildman–Crippen MR) is 78.0 cm³/mol. The molecule has 3 N–H and O–H groups in total. The first-order chi connectivity index (χ1) is 9.58. The lowest BCUT2D eigenvalue weighted by molar-refractivity contribution is 0.0954. The fraction of sp³-hybridized carbons (Fsp3) is 0.188. The monoisotopic (exact) mass is 272 g/mol. The highest BCUT2D eigenvalue weighted by molar-refractivity contribution is 5.95. The molecule has 0 radical (unpaired) electrons. The van der Waals surface area contributed by atoms with Crippen molar-refractivity contribution in [1.29, 1.82) is 0 Å². The van der Waals surface area contributed by atoms with Gasteiger partial charge in [-0.2, -0.15) is 0 Å². The second-order valence-electron chi connectivity index (χ2n) is 4.67. The average Bonchev–Trinajstić information content (AvgIpc) is 2.44. The molecule has 0 spiro atoms. The summed E-state index contributed by atoms with van der Waals surface area (Å²) in [6, 6.07) is 12.0. The maximum absolute atomic E-state index is 13.0. The predicted octanol–water partition coefficient (Wildman–Crippen LogP) is 2.69. The molecule has 104 valence electrons. The van der Waals surface area contributed by atoms with Gasteiger partial charge in [-0.15, -0.1) is 0 Å². The van der Waals surface area contributed by atoms with Crippen LogP contribution in [-0.2, 0) is 6.42 Å². The Kier molecular flexibility index (Phi) is 4.35. The molecule has 20 heavy (non-hydrogen) atoms. The molecule has 1 amide bonds. The van der Waals surface area contributed by atoms with Crippen molar-refractivity contribution in [2.45, 2.75) is 13.3 Å². The highest BCUT2D eigenvalue weighted by Gasteiger charge is 2.07. The van der Waals surface area contributed by atoms with Crippen molar-refractivity contribution in [1.82, 2.24) is 5.32 Å². The number of nitrogens with two attached hydrogens (primary N) is 1. The first-order valence-electron chi connectivity index (χ1n) is 6.45. The van der Waals surface area contributed by atoms with Crippen LogP contribution in [-0.4, -0.2) is 12.5 Å². The van der Waals surface area contributed by atoms with Crippen molar-refractivity contribution in [2.75, 3.05) is 12.3 Å². The number of aryl methyl sites for hydroxylation is 1. The Hall–Kier alpha value is -2.36. The molecule has 2 rings (SSSR count). The Bertz CT molecular complexity index is 626. The van der Waals surface area contributed by atoms with Gasteiger partial charge in [-0.05, 0) is 42.7 Å². The Morgan fingerprint density at radius 3 is 2.70 bits per heavy atom. The Morgan fingerprint density at radius 2 is 2.00 bits per heavy atom. The third-order valence-electron chi connectivity index (χ3n) is 3.20. The highest BCUT2D eigenvalue weighted by Crippen LogP contribution is 2.12. The van der Waals surface area contributed by atoms with Crippen molar-refractivity contribution < 1.29 is 9.18 Å². The van der Waals surface area contributed by atoms with Gasteiger partial charge >= 0.3 is 0 Å². The fourth-order valence-electron chi connectivity index (χ4n) is 1.99. The Labute approximate surface area is 117 Å². The van der Waals surface area contributed by atoms with Crippen LogP contribution in [0.15, 0.2) is 42.5 Å². The van der Waals surface area contributed by atoms with E-state index in [4.69, 9.17) is 5.73 Å². The van der Waals surface area contributed by atoms with Crippen LogP contribution in [0.1, 0.15) is 21.5 Å². The molecule has 0 aliphatic rings. The zero-order valence-electron chi connectivity index (χ0n) is 11.3. The van der Waals surface area contributed by atoms with Gasteiger partial charge in [-0.25, -0.2) is 4.39 Å². The first kappa shape index (κ1) is 14.1. The van der Waals surface area contributed by atoms with E-state index in [9.17, 15) is 9.18 Å². The lowest BCUT2D eigenvalue weighted by Crippen LogP contribution is -2.26. The number of rotatable bonds is 4. The summed E-state index contributed by atoms with van der Waals surface area (Å²) in [6.45, 7) is 2.57. The fourth-order valence-corrected chi connectivity index (χ4v) is 1.99. The second kappa shape index (κ2) is 6.19. The van der Waals surface area contributed by atoms with Crippen LogP contribution in [0.3, 0.4) is 0 Å². The molecule has 0 aromatic heterocycles. The molecular weight excluding hydrogens is 255 g/mol. The largest absolute Gasteiger partial charge is 0.396 e. The van der Waals surface area contributed by atoms with Crippen LogP contribution in [0.4, 0.5) is 10.1 Å². The normalized spacial score (nSPS) is 10.3. The number of nitrogens with one attached hydrogen (secondary N) is 1. The number of carbonyl (C=O) groups excluding carboxylic acids is 1. The van der Waals surface area contributed by atoms with Crippen LogP contribution >= 0.6 is 0 Å². The van der Waals surface area contributed by atoms with Gasteiger partial charge in [0.2, 0.25) is 0 Å². The van der Waals surface area contributed by atoms with E-state index < -0.39 is 5.82 Å². The Balaban J connectivity index is 1.92. The summed E-state index contributed by atoms with van der Waals surface area (Å²) in [7, 11) is 0. The summed E-state index contributed by atoms with van der Waals surface area (Å²) in [4.78, 5) is 11.9. The summed E-state index contributed by atoms with van der Waals surface area (Å²) < 4.78 is 13.0. The first-order valence-corrected chi connectivity index (χ1v) is 6.45. The number of benzene rings is 2. The number of hydrogen-bond donors (Lipinski definition) is 2. The van der Waals surface area contributed by atoms with Gasteiger partial charge in [-0.1, -0.05) is 24.3 Å². The van der Waals surface area contributed by atoms with Crippen LogP contribution in [0, 0.1) is 12.7 Å². The van der Waals surface area contributed by atoms with Crippen molar-refractivity contribution in [3.05, 3.63) is 65.0 Å². The van der Waals surface area contributed by atoms with Crippen LogP contribution in [0.5, 0.6) is 0 Å². The maximum atomic E-state index is 13.0. The van der Waals surface area contributed by atoms with E-state index in [1.165, 1.54) is 29.3 Å². The molecule has 2 aromatic carbocycles. The summed E-state index contributed by atoms with van der Waals surface area (Å²) in [6.07, 6.45) is 0.759. The smallest absolute Gasteiger partial charge is 0.251 e. The van der Waals surface area contributed by atoms with Crippen LogP contribution in [0.2, 0.25) is 0 Å². The standard InChI is InChI=1S/C16H17FN2O/c1-11-4-2-3-5-12(11)8-9-19-16(20)13-6-7-14(17)15(18)10-13/h2-7,10H,8-9,18H2,1H3,(H,19,20). The number of carbonyl (C=O) groups is 1. The molecular formula is C16H17FN2O. The maximum Gasteiger partial charge on any atom is 0.251 e.